The fraction of sp³-hybridized carbons (Fsp3) is 0.912. The number of rotatable bonds is 29. The van der Waals surface area contributed by atoms with Gasteiger partial charge in [-0.3, -0.25) is 9.59 Å². The summed E-state index contributed by atoms with van der Waals surface area (Å²) in [6, 6.07) is -0.831. The van der Waals surface area contributed by atoms with Crippen molar-refractivity contribution in [3.8, 4) is 0 Å². The minimum Gasteiger partial charge on any atom is -1.00 e. The van der Waals surface area contributed by atoms with Crippen molar-refractivity contribution < 1.29 is 40.7 Å². The Balaban J connectivity index is 0. The molecular weight excluding hydrogens is 552 g/mol. The molecule has 0 rings (SSSR count). The summed E-state index contributed by atoms with van der Waals surface area (Å²) < 4.78 is 11.3. The van der Waals surface area contributed by atoms with Gasteiger partial charge in [-0.2, -0.15) is 0 Å². The number of halogens is 1. The van der Waals surface area contributed by atoms with Gasteiger partial charge in [0.25, 0.3) is 5.91 Å². The van der Waals surface area contributed by atoms with Crippen LogP contribution in [0, 0.1) is 0 Å². The number of ether oxygens (including phenoxy) is 2. The monoisotopic (exact) mass is 618 g/mol. The highest BCUT2D eigenvalue weighted by Gasteiger charge is 2.26. The van der Waals surface area contributed by atoms with E-state index < -0.39 is 12.0 Å². The number of esters is 2. The zero-order valence-electron chi connectivity index (χ0n) is 28.1. The molecule has 7 nitrogen and oxygen atoms in total. The van der Waals surface area contributed by atoms with Crippen LogP contribution in [0.15, 0.2) is 0 Å². The van der Waals surface area contributed by atoms with Crippen LogP contribution in [0.3, 0.4) is 0 Å². The lowest BCUT2D eigenvalue weighted by atomic mass is 10.1. The first kappa shape index (κ1) is 42.8. The second-order valence-electron chi connectivity index (χ2n) is 12.9. The number of hydrogen-bond acceptors (Lipinski definition) is 5. The summed E-state index contributed by atoms with van der Waals surface area (Å²) in [7, 11) is 5.76. The fourth-order valence-electron chi connectivity index (χ4n) is 4.89. The SMILES string of the molecule is CCCCCCCCCCCCOC(=O)CC[C@H](NC(=O)C[N+](C)(C)C)C(=O)OCCCCCCCCCCCC.[Cl-]. The predicted molar refractivity (Wildman–Crippen MR) is 170 cm³/mol. The molecule has 0 unspecified atom stereocenters. The molecule has 0 fully saturated rings. The molecule has 0 heterocycles. The Morgan fingerprint density at radius 3 is 1.38 bits per heavy atom. The highest BCUT2D eigenvalue weighted by atomic mass is 35.5. The standard InChI is InChI=1S/C34H66N2O5.ClH/c1-6-8-10-12-14-16-18-20-22-24-28-40-33(38)27-26-31(35-32(37)30-36(3,4)5)34(39)41-29-25-23-21-19-17-15-13-11-9-7-2;/h31H,6-30H2,1-5H3;1H/t31-;/m0./s1. The maximum absolute atomic E-state index is 12.8. The van der Waals surface area contributed by atoms with Gasteiger partial charge in [-0.25, -0.2) is 4.79 Å². The normalized spacial score (nSPS) is 11.9. The number of carbonyl (C=O) groups excluding carboxylic acids is 3. The van der Waals surface area contributed by atoms with E-state index in [-0.39, 0.29) is 43.7 Å². The first-order chi connectivity index (χ1) is 19.7. The van der Waals surface area contributed by atoms with Crippen molar-refractivity contribution in [1.29, 1.82) is 0 Å². The van der Waals surface area contributed by atoms with Gasteiger partial charge >= 0.3 is 11.9 Å². The average molecular weight is 619 g/mol. The fourth-order valence-corrected chi connectivity index (χ4v) is 4.89. The molecule has 0 spiro atoms. The maximum atomic E-state index is 12.8. The van der Waals surface area contributed by atoms with Gasteiger partial charge in [-0.05, 0) is 19.3 Å². The number of amides is 1. The van der Waals surface area contributed by atoms with Crippen molar-refractivity contribution in [1.82, 2.24) is 5.32 Å². The van der Waals surface area contributed by atoms with Crippen molar-refractivity contribution in [3.05, 3.63) is 0 Å². The molecule has 0 aliphatic rings. The zero-order valence-corrected chi connectivity index (χ0v) is 28.9. The Morgan fingerprint density at radius 1 is 0.595 bits per heavy atom. The van der Waals surface area contributed by atoms with E-state index in [1.165, 1.54) is 96.3 Å². The number of likely N-dealkylation sites (N-methyl/N-ethyl adjacent to an activating group) is 1. The Hall–Kier alpha value is -1.34. The lowest BCUT2D eigenvalue weighted by Crippen LogP contribution is -3.00. The van der Waals surface area contributed by atoms with Crippen LogP contribution in [-0.4, -0.2) is 69.3 Å². The van der Waals surface area contributed by atoms with Gasteiger partial charge in [-0.15, -0.1) is 0 Å². The van der Waals surface area contributed by atoms with Gasteiger partial charge in [-0.1, -0.05) is 129 Å². The highest BCUT2D eigenvalue weighted by molar-refractivity contribution is 5.85. The highest BCUT2D eigenvalue weighted by Crippen LogP contribution is 2.12. The summed E-state index contributed by atoms with van der Waals surface area (Å²) in [5.74, 6) is -1.01. The minimum absolute atomic E-state index is 0. The summed E-state index contributed by atoms with van der Waals surface area (Å²) in [6.07, 6.45) is 24.7. The van der Waals surface area contributed by atoms with Gasteiger partial charge < -0.3 is 31.7 Å². The zero-order chi connectivity index (χ0) is 30.6. The van der Waals surface area contributed by atoms with Gasteiger partial charge in [0.05, 0.1) is 34.4 Å². The van der Waals surface area contributed by atoms with E-state index in [2.05, 4.69) is 19.2 Å². The predicted octanol–water partition coefficient (Wildman–Crippen LogP) is 4.89. The van der Waals surface area contributed by atoms with E-state index in [1.54, 1.807) is 0 Å². The summed E-state index contributed by atoms with van der Waals surface area (Å²) in [4.78, 5) is 37.6. The summed E-state index contributed by atoms with van der Waals surface area (Å²) in [5.41, 5.74) is 0. The third-order valence-electron chi connectivity index (χ3n) is 7.38. The third kappa shape index (κ3) is 30.1. The van der Waals surface area contributed by atoms with Crippen molar-refractivity contribution in [2.24, 2.45) is 0 Å². The second kappa shape index (κ2) is 29.7. The maximum Gasteiger partial charge on any atom is 0.328 e. The molecule has 250 valence electrons. The Bertz CT molecular complexity index is 654. The number of hydrogen-bond donors (Lipinski definition) is 1. The molecule has 1 amide bonds. The number of carbonyl (C=O) groups is 3. The molecule has 0 saturated heterocycles. The van der Waals surface area contributed by atoms with Crippen LogP contribution in [0.4, 0.5) is 0 Å². The van der Waals surface area contributed by atoms with E-state index in [9.17, 15) is 14.4 Å². The average Bonchev–Trinajstić information content (AvgIpc) is 2.91. The van der Waals surface area contributed by atoms with Crippen LogP contribution >= 0.6 is 0 Å². The molecule has 1 atom stereocenters. The van der Waals surface area contributed by atoms with Crippen molar-refractivity contribution in [2.45, 2.75) is 161 Å². The first-order valence-corrected chi connectivity index (χ1v) is 17.1. The molecule has 42 heavy (non-hydrogen) atoms. The number of quaternary nitrogens is 1. The van der Waals surface area contributed by atoms with Gasteiger partial charge in [0, 0.05) is 6.42 Å². The van der Waals surface area contributed by atoms with Crippen LogP contribution in [0.5, 0.6) is 0 Å². The number of nitrogens with one attached hydrogen (secondary N) is 1. The van der Waals surface area contributed by atoms with Crippen molar-refractivity contribution in [3.63, 3.8) is 0 Å². The van der Waals surface area contributed by atoms with E-state index in [0.717, 1.165) is 32.1 Å². The summed E-state index contributed by atoms with van der Waals surface area (Å²) in [5, 5.41) is 2.79. The quantitative estimate of drug-likeness (QED) is 0.0733. The van der Waals surface area contributed by atoms with Crippen molar-refractivity contribution in [2.75, 3.05) is 40.9 Å². The molecule has 0 aromatic heterocycles. The molecule has 0 aromatic carbocycles. The molecular formula is C34H67ClN2O5. The Kier molecular flexibility index (Phi) is 30.3. The lowest BCUT2D eigenvalue weighted by Gasteiger charge is -2.24. The van der Waals surface area contributed by atoms with Crippen LogP contribution in [0.1, 0.15) is 155 Å². The van der Waals surface area contributed by atoms with E-state index >= 15 is 0 Å². The third-order valence-corrected chi connectivity index (χ3v) is 7.38. The summed E-state index contributed by atoms with van der Waals surface area (Å²) >= 11 is 0. The van der Waals surface area contributed by atoms with Crippen LogP contribution in [0.25, 0.3) is 0 Å². The van der Waals surface area contributed by atoms with E-state index in [0.29, 0.717) is 17.7 Å². The topological polar surface area (TPSA) is 81.7 Å². The largest absolute Gasteiger partial charge is 1.00 e. The molecule has 0 radical (unpaired) electrons. The molecule has 0 aromatic rings. The molecule has 0 bridgehead atoms. The first-order valence-electron chi connectivity index (χ1n) is 17.1. The van der Waals surface area contributed by atoms with Crippen LogP contribution in [0.2, 0.25) is 0 Å². The number of unbranched alkanes of at least 4 members (excludes halogenated alkanes) is 18. The minimum atomic E-state index is -0.831. The van der Waals surface area contributed by atoms with E-state index in [1.807, 2.05) is 21.1 Å². The summed E-state index contributed by atoms with van der Waals surface area (Å²) in [6.45, 7) is 5.48. The van der Waals surface area contributed by atoms with Gasteiger partial charge in [0.1, 0.15) is 6.04 Å². The smallest absolute Gasteiger partial charge is 0.328 e. The van der Waals surface area contributed by atoms with Gasteiger partial charge in [0.15, 0.2) is 6.54 Å². The van der Waals surface area contributed by atoms with Crippen LogP contribution < -0.4 is 17.7 Å². The lowest BCUT2D eigenvalue weighted by molar-refractivity contribution is -0.862. The number of nitrogens with zero attached hydrogens (tertiary/aromatic N) is 1. The van der Waals surface area contributed by atoms with E-state index in [4.69, 9.17) is 9.47 Å². The molecule has 8 heteroatoms. The van der Waals surface area contributed by atoms with Crippen LogP contribution in [-0.2, 0) is 23.9 Å². The molecule has 0 aliphatic heterocycles. The van der Waals surface area contributed by atoms with Crippen molar-refractivity contribution >= 4 is 17.8 Å². The molecule has 0 aliphatic carbocycles. The molecule has 1 N–H and O–H groups in total. The second-order valence-corrected chi connectivity index (χ2v) is 12.9. The molecule has 0 saturated carbocycles. The Morgan fingerprint density at radius 2 is 0.976 bits per heavy atom. The Labute approximate surface area is 265 Å². The van der Waals surface area contributed by atoms with Gasteiger partial charge in [0.2, 0.25) is 0 Å².